The topological polar surface area (TPSA) is 50.3 Å². The molecule has 4 aromatic carbocycles. The van der Waals surface area contributed by atoms with Crippen molar-refractivity contribution in [3.8, 4) is 11.1 Å². The first-order valence-electron chi connectivity index (χ1n) is 12.8. The molecule has 1 aliphatic heterocycles. The summed E-state index contributed by atoms with van der Waals surface area (Å²) in [5, 5.41) is 3.75. The van der Waals surface area contributed by atoms with Crippen LogP contribution in [0.2, 0.25) is 0 Å². The van der Waals surface area contributed by atoms with E-state index in [-0.39, 0.29) is 23.7 Å². The zero-order valence-corrected chi connectivity index (χ0v) is 21.4. The number of nitrogens with zero attached hydrogens (tertiary/aromatic N) is 2. The van der Waals surface area contributed by atoms with Gasteiger partial charge in [-0.05, 0) is 63.1 Å². The zero-order valence-electron chi connectivity index (χ0n) is 21.4. The maximum absolute atomic E-state index is 14.1. The normalized spacial score (nSPS) is 13.4. The molecule has 0 saturated carbocycles. The highest BCUT2D eigenvalue weighted by Gasteiger charge is 2.37. The SMILES string of the molecule is CC(C)c1cccc(C(C)C)c1N1C(=O)c2cccc3c(-c4cccc5ccncc45)ccc(c23)C1=O. The van der Waals surface area contributed by atoms with Gasteiger partial charge in [-0.1, -0.05) is 82.3 Å². The van der Waals surface area contributed by atoms with E-state index in [0.29, 0.717) is 11.1 Å². The highest BCUT2D eigenvalue weighted by atomic mass is 16.2. The molecule has 1 aromatic heterocycles. The zero-order chi connectivity index (χ0) is 25.8. The fourth-order valence-corrected chi connectivity index (χ4v) is 5.65. The number of imide groups is 1. The molecule has 6 rings (SSSR count). The van der Waals surface area contributed by atoms with Crippen LogP contribution in [0.15, 0.2) is 85.2 Å². The van der Waals surface area contributed by atoms with Gasteiger partial charge in [-0.15, -0.1) is 0 Å². The summed E-state index contributed by atoms with van der Waals surface area (Å²) in [4.78, 5) is 34.0. The average molecular weight is 485 g/mol. The molecule has 0 spiro atoms. The highest BCUT2D eigenvalue weighted by molar-refractivity contribution is 6.37. The molecule has 5 aromatic rings. The number of benzene rings is 4. The highest BCUT2D eigenvalue weighted by Crippen LogP contribution is 2.43. The molecule has 0 aliphatic carbocycles. The van der Waals surface area contributed by atoms with Gasteiger partial charge in [0.2, 0.25) is 0 Å². The largest absolute Gasteiger partial charge is 0.268 e. The number of hydrogen-bond acceptors (Lipinski definition) is 3. The lowest BCUT2D eigenvalue weighted by atomic mass is 9.86. The van der Waals surface area contributed by atoms with Gasteiger partial charge < -0.3 is 0 Å². The van der Waals surface area contributed by atoms with Crippen molar-refractivity contribution in [1.29, 1.82) is 0 Å². The van der Waals surface area contributed by atoms with E-state index in [1.807, 2.05) is 66.9 Å². The number of carbonyl (C=O) groups excluding carboxylic acids is 2. The number of hydrogen-bond donors (Lipinski definition) is 0. The molecule has 4 heteroatoms. The number of anilines is 1. The summed E-state index contributed by atoms with van der Waals surface area (Å²) in [5.74, 6) is -0.215. The summed E-state index contributed by atoms with van der Waals surface area (Å²) in [5.41, 5.74) is 5.87. The van der Waals surface area contributed by atoms with Crippen LogP contribution in [0.5, 0.6) is 0 Å². The Morgan fingerprint density at radius 1 is 0.622 bits per heavy atom. The van der Waals surface area contributed by atoms with E-state index in [1.54, 1.807) is 6.20 Å². The molecule has 0 bridgehead atoms. The molecule has 2 heterocycles. The minimum absolute atomic E-state index is 0.161. The van der Waals surface area contributed by atoms with Crippen LogP contribution in [0, 0.1) is 0 Å². The smallest absolute Gasteiger partial charge is 0.266 e. The Labute approximate surface area is 216 Å². The molecule has 2 amide bonds. The van der Waals surface area contributed by atoms with Crippen LogP contribution in [0.1, 0.15) is 71.4 Å². The van der Waals surface area contributed by atoms with Crippen molar-refractivity contribution in [1.82, 2.24) is 4.98 Å². The van der Waals surface area contributed by atoms with Crippen LogP contribution in [0.3, 0.4) is 0 Å². The summed E-state index contributed by atoms with van der Waals surface area (Å²) in [6.45, 7) is 8.40. The van der Waals surface area contributed by atoms with Gasteiger partial charge in [-0.25, -0.2) is 4.90 Å². The van der Waals surface area contributed by atoms with Crippen molar-refractivity contribution in [3.05, 3.63) is 107 Å². The third-order valence-corrected chi connectivity index (χ3v) is 7.45. The lowest BCUT2D eigenvalue weighted by Gasteiger charge is -2.32. The van der Waals surface area contributed by atoms with Gasteiger partial charge >= 0.3 is 0 Å². The summed E-state index contributed by atoms with van der Waals surface area (Å²) in [6.07, 6.45) is 3.66. The minimum atomic E-state index is -0.269. The first kappa shape index (κ1) is 23.1. The summed E-state index contributed by atoms with van der Waals surface area (Å²) in [7, 11) is 0. The van der Waals surface area contributed by atoms with Gasteiger partial charge in [0.05, 0.1) is 5.69 Å². The molecular formula is C33H28N2O2. The first-order valence-corrected chi connectivity index (χ1v) is 12.8. The Balaban J connectivity index is 1.61. The second-order valence-electron chi connectivity index (χ2n) is 10.3. The van der Waals surface area contributed by atoms with Gasteiger partial charge in [-0.3, -0.25) is 14.6 Å². The van der Waals surface area contributed by atoms with Gasteiger partial charge in [0.15, 0.2) is 0 Å². The third kappa shape index (κ3) is 3.47. The maximum atomic E-state index is 14.1. The fraction of sp³-hybridized carbons (Fsp3) is 0.182. The number of fused-ring (bicyclic) bond motifs is 1. The predicted molar refractivity (Wildman–Crippen MR) is 150 cm³/mol. The molecule has 0 fully saturated rings. The standard InChI is InChI=1S/C33H28N2O2/c1-19(2)22-9-6-10-23(20(3)4)31(22)35-32(36)27-13-7-12-26-25(14-15-28(30(26)27)33(35)37)24-11-5-8-21-16-17-34-18-29(21)24/h5-20H,1-4H3. The van der Waals surface area contributed by atoms with Crippen molar-refractivity contribution in [3.63, 3.8) is 0 Å². The molecule has 182 valence electrons. The molecule has 37 heavy (non-hydrogen) atoms. The predicted octanol–water partition coefficient (Wildman–Crippen LogP) is 8.10. The number of aromatic nitrogens is 1. The molecule has 0 N–H and O–H groups in total. The Morgan fingerprint density at radius 3 is 1.89 bits per heavy atom. The van der Waals surface area contributed by atoms with Crippen LogP contribution >= 0.6 is 0 Å². The Bertz CT molecular complexity index is 1680. The minimum Gasteiger partial charge on any atom is -0.268 e. The first-order chi connectivity index (χ1) is 17.9. The summed E-state index contributed by atoms with van der Waals surface area (Å²) < 4.78 is 0. The molecular weight excluding hydrogens is 456 g/mol. The van der Waals surface area contributed by atoms with Crippen LogP contribution in [-0.4, -0.2) is 16.8 Å². The number of rotatable bonds is 4. The second-order valence-corrected chi connectivity index (χ2v) is 10.3. The van der Waals surface area contributed by atoms with Crippen molar-refractivity contribution < 1.29 is 9.59 Å². The van der Waals surface area contributed by atoms with Gasteiger partial charge in [0.1, 0.15) is 0 Å². The van der Waals surface area contributed by atoms with Crippen molar-refractivity contribution in [2.24, 2.45) is 0 Å². The third-order valence-electron chi connectivity index (χ3n) is 7.45. The van der Waals surface area contributed by atoms with Crippen molar-refractivity contribution in [2.75, 3.05) is 4.90 Å². The lowest BCUT2D eigenvalue weighted by Crippen LogP contribution is -2.41. The number of carbonyl (C=O) groups is 2. The molecule has 0 atom stereocenters. The quantitative estimate of drug-likeness (QED) is 0.242. The number of amides is 2. The molecule has 1 aliphatic rings. The fourth-order valence-electron chi connectivity index (χ4n) is 5.65. The van der Waals surface area contributed by atoms with Gasteiger partial charge in [-0.2, -0.15) is 0 Å². The van der Waals surface area contributed by atoms with Gasteiger partial charge in [0.25, 0.3) is 11.8 Å². The van der Waals surface area contributed by atoms with E-state index in [2.05, 4.69) is 44.8 Å². The van der Waals surface area contributed by atoms with E-state index < -0.39 is 0 Å². The second kappa shape index (κ2) is 8.67. The Hall–Kier alpha value is -4.31. The molecule has 0 saturated heterocycles. The van der Waals surface area contributed by atoms with E-state index >= 15 is 0 Å². The van der Waals surface area contributed by atoms with E-state index in [1.165, 1.54) is 4.90 Å². The maximum Gasteiger partial charge on any atom is 0.266 e. The monoisotopic (exact) mass is 484 g/mol. The Morgan fingerprint density at radius 2 is 1.19 bits per heavy atom. The lowest BCUT2D eigenvalue weighted by molar-refractivity contribution is 0.0893. The van der Waals surface area contributed by atoms with Crippen LogP contribution in [0.25, 0.3) is 32.7 Å². The molecule has 0 radical (unpaired) electrons. The summed E-state index contributed by atoms with van der Waals surface area (Å²) in [6, 6.07) is 23.9. The number of pyridine rings is 1. The van der Waals surface area contributed by atoms with E-state index in [9.17, 15) is 9.59 Å². The summed E-state index contributed by atoms with van der Waals surface area (Å²) >= 11 is 0. The van der Waals surface area contributed by atoms with Crippen LogP contribution in [0.4, 0.5) is 5.69 Å². The Kier molecular flexibility index (Phi) is 5.41. The van der Waals surface area contributed by atoms with Crippen molar-refractivity contribution in [2.45, 2.75) is 39.5 Å². The van der Waals surface area contributed by atoms with Crippen LogP contribution in [-0.2, 0) is 0 Å². The molecule has 0 unspecified atom stereocenters. The van der Waals surface area contributed by atoms with Crippen molar-refractivity contribution >= 4 is 39.0 Å². The van der Waals surface area contributed by atoms with E-state index in [0.717, 1.165) is 49.5 Å². The average Bonchev–Trinajstić information content (AvgIpc) is 2.91. The van der Waals surface area contributed by atoms with Crippen LogP contribution < -0.4 is 4.90 Å². The number of para-hydroxylation sites is 1. The van der Waals surface area contributed by atoms with Gasteiger partial charge in [0, 0.05) is 34.3 Å². The van der Waals surface area contributed by atoms with E-state index in [4.69, 9.17) is 0 Å². The molecule has 4 nitrogen and oxygen atoms in total.